The fourth-order valence-corrected chi connectivity index (χ4v) is 3.31. The second-order valence-corrected chi connectivity index (χ2v) is 6.48. The predicted octanol–water partition coefficient (Wildman–Crippen LogP) is 2.41. The molecular formula is C19H22N4O. The summed E-state index contributed by atoms with van der Waals surface area (Å²) in [6.07, 6.45) is 1.98. The average molecular weight is 322 g/mol. The number of amides is 1. The summed E-state index contributed by atoms with van der Waals surface area (Å²) in [5.74, 6) is 0.191. The lowest BCUT2D eigenvalue weighted by Crippen LogP contribution is -2.48. The van der Waals surface area contributed by atoms with Gasteiger partial charge in [-0.1, -0.05) is 18.2 Å². The molecule has 124 valence electrons. The van der Waals surface area contributed by atoms with Gasteiger partial charge in [-0.25, -0.2) is 0 Å². The molecule has 3 aromatic rings. The van der Waals surface area contributed by atoms with Crippen LogP contribution in [0.25, 0.3) is 22.3 Å². The molecule has 0 spiro atoms. The van der Waals surface area contributed by atoms with Crippen molar-refractivity contribution < 1.29 is 4.79 Å². The fourth-order valence-electron chi connectivity index (χ4n) is 3.31. The Balaban J connectivity index is 1.55. The topological polar surface area (TPSA) is 44.3 Å². The van der Waals surface area contributed by atoms with E-state index in [2.05, 4.69) is 41.2 Å². The van der Waals surface area contributed by atoms with E-state index < -0.39 is 0 Å². The van der Waals surface area contributed by atoms with Crippen molar-refractivity contribution in [1.82, 2.24) is 19.4 Å². The highest BCUT2D eigenvalue weighted by atomic mass is 16.2. The van der Waals surface area contributed by atoms with Crippen LogP contribution in [0.2, 0.25) is 0 Å². The summed E-state index contributed by atoms with van der Waals surface area (Å²) in [7, 11) is 2.10. The number of nitrogens with one attached hydrogen (secondary N) is 1. The standard InChI is InChI=1S/C19H22N4O/c1-21-9-11-22(12-10-21)19(24)14-23-8-4-7-18(23)17-13-15-5-2-3-6-16(15)20-17/h2-8,13,20H,9-12,14H2,1H3. The molecule has 5 heteroatoms. The zero-order valence-electron chi connectivity index (χ0n) is 13.9. The van der Waals surface area contributed by atoms with Crippen molar-refractivity contribution in [1.29, 1.82) is 0 Å². The summed E-state index contributed by atoms with van der Waals surface area (Å²) in [4.78, 5) is 20.3. The Hall–Kier alpha value is -2.53. The van der Waals surface area contributed by atoms with Crippen molar-refractivity contribution >= 4 is 16.8 Å². The average Bonchev–Trinajstić information content (AvgIpc) is 3.21. The number of rotatable bonds is 3. The number of fused-ring (bicyclic) bond motifs is 1. The van der Waals surface area contributed by atoms with Crippen LogP contribution in [-0.4, -0.2) is 58.5 Å². The van der Waals surface area contributed by atoms with E-state index in [1.54, 1.807) is 0 Å². The molecule has 0 saturated carbocycles. The van der Waals surface area contributed by atoms with Gasteiger partial charge in [0.2, 0.25) is 5.91 Å². The van der Waals surface area contributed by atoms with Gasteiger partial charge in [-0.2, -0.15) is 0 Å². The predicted molar refractivity (Wildman–Crippen MR) is 95.8 cm³/mol. The van der Waals surface area contributed by atoms with Gasteiger partial charge in [0.1, 0.15) is 6.54 Å². The number of likely N-dealkylation sites (N-methyl/N-ethyl adjacent to an activating group) is 1. The minimum Gasteiger partial charge on any atom is -0.353 e. The highest BCUT2D eigenvalue weighted by molar-refractivity contribution is 5.85. The van der Waals surface area contributed by atoms with Crippen LogP contribution in [0, 0.1) is 0 Å². The highest BCUT2D eigenvalue weighted by Gasteiger charge is 2.20. The Kier molecular flexibility index (Phi) is 3.86. The Bertz CT molecular complexity index is 822. The molecule has 0 aliphatic carbocycles. The maximum atomic E-state index is 12.6. The highest BCUT2D eigenvalue weighted by Crippen LogP contribution is 2.24. The number of nitrogens with zero attached hydrogens (tertiary/aromatic N) is 3. The molecule has 1 aliphatic heterocycles. The second kappa shape index (κ2) is 6.17. The lowest BCUT2D eigenvalue weighted by molar-refractivity contribution is -0.133. The van der Waals surface area contributed by atoms with Crippen molar-refractivity contribution in [3.63, 3.8) is 0 Å². The normalized spacial score (nSPS) is 16.0. The minimum atomic E-state index is 0.191. The van der Waals surface area contributed by atoms with Crippen LogP contribution in [0.15, 0.2) is 48.7 Å². The summed E-state index contributed by atoms with van der Waals surface area (Å²) in [6, 6.07) is 14.4. The quantitative estimate of drug-likeness (QED) is 0.805. The van der Waals surface area contributed by atoms with Gasteiger partial charge in [-0.3, -0.25) is 4.79 Å². The molecule has 0 radical (unpaired) electrons. The summed E-state index contributed by atoms with van der Waals surface area (Å²) >= 11 is 0. The van der Waals surface area contributed by atoms with Crippen molar-refractivity contribution in [3.8, 4) is 11.4 Å². The molecule has 0 unspecified atom stereocenters. The van der Waals surface area contributed by atoms with Gasteiger partial charge in [0.15, 0.2) is 0 Å². The molecule has 0 bridgehead atoms. The van der Waals surface area contributed by atoms with E-state index in [0.29, 0.717) is 6.54 Å². The number of H-pyrrole nitrogens is 1. The third-order valence-corrected chi connectivity index (χ3v) is 4.80. The first-order valence-electron chi connectivity index (χ1n) is 8.40. The maximum absolute atomic E-state index is 12.6. The molecule has 4 rings (SSSR count). The number of carbonyl (C=O) groups is 1. The number of piperazine rings is 1. The number of hydrogen-bond acceptors (Lipinski definition) is 2. The molecule has 5 nitrogen and oxygen atoms in total. The molecule has 1 aliphatic rings. The molecule has 0 atom stereocenters. The van der Waals surface area contributed by atoms with Gasteiger partial charge in [-0.05, 0) is 31.3 Å². The molecule has 1 fully saturated rings. The number of aromatic amines is 1. The summed E-state index contributed by atoms with van der Waals surface area (Å²) in [5, 5.41) is 1.19. The number of hydrogen-bond donors (Lipinski definition) is 1. The fraction of sp³-hybridized carbons (Fsp3) is 0.316. The van der Waals surface area contributed by atoms with Crippen molar-refractivity contribution in [2.45, 2.75) is 6.54 Å². The van der Waals surface area contributed by atoms with E-state index >= 15 is 0 Å². The molecule has 1 saturated heterocycles. The Morgan fingerprint density at radius 1 is 1.08 bits per heavy atom. The number of carbonyl (C=O) groups excluding carboxylic acids is 1. The third-order valence-electron chi connectivity index (χ3n) is 4.80. The second-order valence-electron chi connectivity index (χ2n) is 6.48. The summed E-state index contributed by atoms with van der Waals surface area (Å²) in [6.45, 7) is 3.93. The molecule has 24 heavy (non-hydrogen) atoms. The van der Waals surface area contributed by atoms with Crippen LogP contribution in [-0.2, 0) is 11.3 Å². The van der Waals surface area contributed by atoms with Gasteiger partial charge in [-0.15, -0.1) is 0 Å². The first kappa shape index (κ1) is 15.0. The van der Waals surface area contributed by atoms with Gasteiger partial charge < -0.3 is 19.4 Å². The SMILES string of the molecule is CN1CCN(C(=O)Cn2cccc2-c2cc3ccccc3[nH]2)CC1. The van der Waals surface area contributed by atoms with Crippen molar-refractivity contribution in [2.75, 3.05) is 33.2 Å². The monoisotopic (exact) mass is 322 g/mol. The van der Waals surface area contributed by atoms with E-state index in [-0.39, 0.29) is 5.91 Å². The molecule has 1 amide bonds. The molecule has 1 N–H and O–H groups in total. The minimum absolute atomic E-state index is 0.191. The van der Waals surface area contributed by atoms with Crippen LogP contribution >= 0.6 is 0 Å². The molecule has 3 heterocycles. The largest absolute Gasteiger partial charge is 0.353 e. The van der Waals surface area contributed by atoms with Gasteiger partial charge >= 0.3 is 0 Å². The zero-order chi connectivity index (χ0) is 16.5. The van der Waals surface area contributed by atoms with E-state index in [0.717, 1.165) is 43.1 Å². The van der Waals surface area contributed by atoms with Crippen LogP contribution in [0.5, 0.6) is 0 Å². The van der Waals surface area contributed by atoms with E-state index in [9.17, 15) is 4.79 Å². The summed E-state index contributed by atoms with van der Waals surface area (Å²) < 4.78 is 2.03. The zero-order valence-corrected chi connectivity index (χ0v) is 13.9. The van der Waals surface area contributed by atoms with Crippen LogP contribution in [0.4, 0.5) is 0 Å². The van der Waals surface area contributed by atoms with Crippen LogP contribution in [0.3, 0.4) is 0 Å². The number of para-hydroxylation sites is 1. The number of aromatic nitrogens is 2. The van der Waals surface area contributed by atoms with E-state index in [1.165, 1.54) is 5.39 Å². The van der Waals surface area contributed by atoms with E-state index in [1.807, 2.05) is 33.9 Å². The Morgan fingerprint density at radius 2 is 1.88 bits per heavy atom. The van der Waals surface area contributed by atoms with Crippen molar-refractivity contribution in [2.24, 2.45) is 0 Å². The molecule has 2 aromatic heterocycles. The first-order valence-corrected chi connectivity index (χ1v) is 8.40. The maximum Gasteiger partial charge on any atom is 0.242 e. The lowest BCUT2D eigenvalue weighted by Gasteiger charge is -2.32. The van der Waals surface area contributed by atoms with Gasteiger partial charge in [0, 0.05) is 43.3 Å². The smallest absolute Gasteiger partial charge is 0.242 e. The molecular weight excluding hydrogens is 300 g/mol. The van der Waals surface area contributed by atoms with Gasteiger partial charge in [0.25, 0.3) is 0 Å². The van der Waals surface area contributed by atoms with Crippen molar-refractivity contribution in [3.05, 3.63) is 48.7 Å². The third kappa shape index (κ3) is 2.83. The molecule has 1 aromatic carbocycles. The van der Waals surface area contributed by atoms with Crippen LogP contribution in [0.1, 0.15) is 0 Å². The first-order chi connectivity index (χ1) is 11.7. The Morgan fingerprint density at radius 3 is 2.67 bits per heavy atom. The van der Waals surface area contributed by atoms with E-state index in [4.69, 9.17) is 0 Å². The van der Waals surface area contributed by atoms with Crippen LogP contribution < -0.4 is 0 Å². The summed E-state index contributed by atoms with van der Waals surface area (Å²) in [5.41, 5.74) is 3.21. The number of benzene rings is 1. The Labute approximate surface area is 141 Å². The van der Waals surface area contributed by atoms with Gasteiger partial charge in [0.05, 0.1) is 11.4 Å². The lowest BCUT2D eigenvalue weighted by atomic mass is 10.2.